The van der Waals surface area contributed by atoms with Crippen LogP contribution >= 0.6 is 11.3 Å². The first-order valence-electron chi connectivity index (χ1n) is 6.19. The first-order valence-corrected chi connectivity index (χ1v) is 7.00. The Bertz CT molecular complexity index is 629. The van der Waals surface area contributed by atoms with Crippen molar-refractivity contribution in [3.63, 3.8) is 0 Å². The third-order valence-electron chi connectivity index (χ3n) is 2.71. The van der Waals surface area contributed by atoms with Gasteiger partial charge in [0, 0.05) is 6.54 Å². The number of carbonyl (C=O) groups excluding carboxylic acids is 1. The molecule has 1 atom stereocenters. The zero-order valence-electron chi connectivity index (χ0n) is 11.2. The van der Waals surface area contributed by atoms with Gasteiger partial charge in [0.1, 0.15) is 5.01 Å². The Morgan fingerprint density at radius 3 is 2.57 bits per heavy atom. The quantitative estimate of drug-likeness (QED) is 0.782. The molecule has 0 saturated heterocycles. The van der Waals surface area contributed by atoms with Gasteiger partial charge in [-0.3, -0.25) is 10.1 Å². The van der Waals surface area contributed by atoms with E-state index in [0.29, 0.717) is 10.7 Å². The van der Waals surface area contributed by atoms with Crippen molar-refractivity contribution in [1.82, 2.24) is 15.5 Å². The average molecular weight is 306 g/mol. The molecule has 7 nitrogen and oxygen atoms in total. The molecule has 21 heavy (non-hydrogen) atoms. The van der Waals surface area contributed by atoms with Crippen LogP contribution in [0.5, 0.6) is 0 Å². The van der Waals surface area contributed by atoms with Crippen molar-refractivity contribution in [3.05, 3.63) is 40.9 Å². The lowest BCUT2D eigenvalue weighted by Crippen LogP contribution is -2.34. The van der Waals surface area contributed by atoms with Crippen LogP contribution < -0.4 is 10.6 Å². The molecule has 8 heteroatoms. The van der Waals surface area contributed by atoms with E-state index in [2.05, 4.69) is 20.8 Å². The topological polar surface area (TPSA) is 104 Å². The highest BCUT2D eigenvalue weighted by Crippen LogP contribution is 2.15. The van der Waals surface area contributed by atoms with Crippen molar-refractivity contribution in [1.29, 1.82) is 0 Å². The Balaban J connectivity index is 1.93. The summed E-state index contributed by atoms with van der Waals surface area (Å²) in [5.41, 5.74) is 0.636. The fourth-order valence-electron chi connectivity index (χ4n) is 1.72. The molecule has 0 radical (unpaired) electrons. The zero-order chi connectivity index (χ0) is 15.2. The van der Waals surface area contributed by atoms with Gasteiger partial charge in [-0.2, -0.15) is 0 Å². The molecular formula is C13H14N4O3S. The number of aryl methyl sites for hydroxylation is 1. The smallest absolute Gasteiger partial charge is 0.321 e. The largest absolute Gasteiger partial charge is 0.481 e. The van der Waals surface area contributed by atoms with Crippen molar-refractivity contribution in [2.24, 2.45) is 0 Å². The van der Waals surface area contributed by atoms with Crippen LogP contribution in [0.15, 0.2) is 30.3 Å². The third-order valence-corrected chi connectivity index (χ3v) is 3.47. The summed E-state index contributed by atoms with van der Waals surface area (Å²) in [6.07, 6.45) is 0. The van der Waals surface area contributed by atoms with Crippen LogP contribution in [0.25, 0.3) is 0 Å². The molecule has 2 amide bonds. The molecule has 1 aromatic heterocycles. The number of carbonyl (C=O) groups is 2. The summed E-state index contributed by atoms with van der Waals surface area (Å²) in [5.74, 6) is -1.79. The molecule has 0 saturated carbocycles. The number of hydrogen-bond acceptors (Lipinski definition) is 5. The summed E-state index contributed by atoms with van der Waals surface area (Å²) >= 11 is 1.24. The number of nitrogens with one attached hydrogen (secondary N) is 2. The number of rotatable bonds is 5. The molecular weight excluding hydrogens is 292 g/mol. The summed E-state index contributed by atoms with van der Waals surface area (Å²) in [7, 11) is 0. The highest BCUT2D eigenvalue weighted by molar-refractivity contribution is 7.15. The van der Waals surface area contributed by atoms with Gasteiger partial charge < -0.3 is 10.4 Å². The molecule has 0 spiro atoms. The fraction of sp³-hybridized carbons (Fsp3) is 0.231. The Hall–Kier alpha value is -2.48. The predicted octanol–water partition coefficient (Wildman–Crippen LogP) is 1.84. The SMILES string of the molecule is Cc1nnc(NC(=O)NCC(C(=O)O)c2ccccc2)s1. The number of nitrogens with zero attached hydrogens (tertiary/aromatic N) is 2. The van der Waals surface area contributed by atoms with Crippen LogP contribution in [0, 0.1) is 6.92 Å². The predicted molar refractivity (Wildman–Crippen MR) is 78.5 cm³/mol. The van der Waals surface area contributed by atoms with Gasteiger partial charge in [-0.25, -0.2) is 4.79 Å². The molecule has 1 aromatic carbocycles. The molecule has 1 unspecified atom stereocenters. The minimum atomic E-state index is -0.992. The number of hydrogen-bond donors (Lipinski definition) is 3. The van der Waals surface area contributed by atoms with Crippen LogP contribution in [-0.2, 0) is 4.79 Å². The van der Waals surface area contributed by atoms with Gasteiger partial charge in [-0.05, 0) is 12.5 Å². The molecule has 2 rings (SSSR count). The number of aliphatic carboxylic acids is 1. The fourth-order valence-corrected chi connectivity index (χ4v) is 2.30. The van der Waals surface area contributed by atoms with E-state index in [1.807, 2.05) is 0 Å². The number of anilines is 1. The highest BCUT2D eigenvalue weighted by Gasteiger charge is 2.20. The summed E-state index contributed by atoms with van der Waals surface area (Å²) < 4.78 is 0. The normalized spacial score (nSPS) is 11.7. The molecule has 1 heterocycles. The van der Waals surface area contributed by atoms with Crippen LogP contribution in [0.4, 0.5) is 9.93 Å². The minimum absolute atomic E-state index is 0.0109. The maximum Gasteiger partial charge on any atom is 0.321 e. The molecule has 0 fully saturated rings. The molecule has 110 valence electrons. The highest BCUT2D eigenvalue weighted by atomic mass is 32.1. The van der Waals surface area contributed by atoms with E-state index < -0.39 is 17.9 Å². The van der Waals surface area contributed by atoms with E-state index in [9.17, 15) is 14.7 Å². The first kappa shape index (κ1) is 14.9. The van der Waals surface area contributed by atoms with Crippen LogP contribution in [0.1, 0.15) is 16.5 Å². The lowest BCUT2D eigenvalue weighted by Gasteiger charge is -2.13. The van der Waals surface area contributed by atoms with Gasteiger partial charge in [-0.15, -0.1) is 10.2 Å². The van der Waals surface area contributed by atoms with Crippen molar-refractivity contribution < 1.29 is 14.7 Å². The lowest BCUT2D eigenvalue weighted by atomic mass is 9.99. The maximum atomic E-state index is 11.7. The van der Waals surface area contributed by atoms with E-state index >= 15 is 0 Å². The number of aromatic nitrogens is 2. The second-order valence-electron chi connectivity index (χ2n) is 4.26. The summed E-state index contributed by atoms with van der Waals surface area (Å²) in [5, 5.41) is 22.9. The molecule has 0 aliphatic heterocycles. The molecule has 0 bridgehead atoms. The zero-order valence-corrected chi connectivity index (χ0v) is 12.1. The lowest BCUT2D eigenvalue weighted by molar-refractivity contribution is -0.138. The third kappa shape index (κ3) is 4.25. The monoisotopic (exact) mass is 306 g/mol. The number of carboxylic acids is 1. The molecule has 3 N–H and O–H groups in total. The Morgan fingerprint density at radius 1 is 1.29 bits per heavy atom. The van der Waals surface area contributed by atoms with Gasteiger partial charge in [0.15, 0.2) is 0 Å². The summed E-state index contributed by atoms with van der Waals surface area (Å²) in [4.78, 5) is 23.0. The first-order chi connectivity index (χ1) is 10.1. The second kappa shape index (κ2) is 6.80. The molecule has 0 aliphatic carbocycles. The number of urea groups is 1. The van der Waals surface area contributed by atoms with Gasteiger partial charge >= 0.3 is 12.0 Å². The number of amides is 2. The Morgan fingerprint density at radius 2 is 2.00 bits per heavy atom. The van der Waals surface area contributed by atoms with Crippen LogP contribution in [0.3, 0.4) is 0 Å². The summed E-state index contributed by atoms with van der Waals surface area (Å²) in [6, 6.07) is 8.25. The minimum Gasteiger partial charge on any atom is -0.481 e. The summed E-state index contributed by atoms with van der Waals surface area (Å²) in [6.45, 7) is 1.76. The van der Waals surface area contributed by atoms with Gasteiger partial charge in [0.2, 0.25) is 5.13 Å². The second-order valence-corrected chi connectivity index (χ2v) is 5.44. The van der Waals surface area contributed by atoms with Crippen molar-refractivity contribution in [2.75, 3.05) is 11.9 Å². The van der Waals surface area contributed by atoms with Crippen molar-refractivity contribution in [2.45, 2.75) is 12.8 Å². The standard InChI is InChI=1S/C13H14N4O3S/c1-8-16-17-13(21-8)15-12(20)14-7-10(11(18)19)9-5-3-2-4-6-9/h2-6,10H,7H2,1H3,(H,18,19)(H2,14,15,17,20). The maximum absolute atomic E-state index is 11.7. The van der Waals surface area contributed by atoms with E-state index in [0.717, 1.165) is 5.01 Å². The molecule has 2 aromatic rings. The van der Waals surface area contributed by atoms with E-state index in [4.69, 9.17) is 0 Å². The van der Waals surface area contributed by atoms with E-state index in [1.165, 1.54) is 11.3 Å². The number of benzene rings is 1. The average Bonchev–Trinajstić information content (AvgIpc) is 2.85. The van der Waals surface area contributed by atoms with Crippen molar-refractivity contribution in [3.8, 4) is 0 Å². The van der Waals surface area contributed by atoms with Gasteiger partial charge in [0.05, 0.1) is 5.92 Å². The van der Waals surface area contributed by atoms with Gasteiger partial charge in [0.25, 0.3) is 0 Å². The number of carboxylic acid groups (broad SMARTS) is 1. The van der Waals surface area contributed by atoms with E-state index in [-0.39, 0.29) is 6.54 Å². The van der Waals surface area contributed by atoms with Crippen molar-refractivity contribution >= 4 is 28.5 Å². The van der Waals surface area contributed by atoms with Crippen LogP contribution in [-0.4, -0.2) is 33.8 Å². The van der Waals surface area contributed by atoms with Gasteiger partial charge in [-0.1, -0.05) is 41.7 Å². The molecule has 0 aliphatic rings. The Kier molecular flexibility index (Phi) is 4.83. The van der Waals surface area contributed by atoms with E-state index in [1.54, 1.807) is 37.3 Å². The Labute approximate surface area is 125 Å². The van der Waals surface area contributed by atoms with Crippen LogP contribution in [0.2, 0.25) is 0 Å².